The quantitative estimate of drug-likeness (QED) is 0.847. The van der Waals surface area contributed by atoms with Crippen LogP contribution in [0.2, 0.25) is 0 Å². The highest BCUT2D eigenvalue weighted by atomic mass is 16.4. The Morgan fingerprint density at radius 3 is 2.50 bits per heavy atom. The van der Waals surface area contributed by atoms with Crippen LogP contribution >= 0.6 is 0 Å². The maximum Gasteiger partial charge on any atom is 0.320 e. The van der Waals surface area contributed by atoms with Crippen LogP contribution in [0.25, 0.3) is 0 Å². The minimum atomic E-state index is 0.434. The van der Waals surface area contributed by atoms with Crippen LogP contribution < -0.4 is 10.6 Å². The molecule has 0 aliphatic carbocycles. The predicted octanol–water partition coefficient (Wildman–Crippen LogP) is 3.18. The van der Waals surface area contributed by atoms with Crippen molar-refractivity contribution < 1.29 is 4.42 Å². The van der Waals surface area contributed by atoms with Crippen molar-refractivity contribution in [2.75, 3.05) is 11.9 Å². The number of nitrogens with one attached hydrogen (secondary N) is 2. The summed E-state index contributed by atoms with van der Waals surface area (Å²) in [4.78, 5) is 0. The lowest BCUT2D eigenvalue weighted by Gasteiger charge is -2.08. The van der Waals surface area contributed by atoms with E-state index in [1.807, 2.05) is 6.07 Å². The summed E-state index contributed by atoms with van der Waals surface area (Å²) in [5, 5.41) is 14.5. The van der Waals surface area contributed by atoms with Gasteiger partial charge in [0.15, 0.2) is 0 Å². The van der Waals surface area contributed by atoms with Crippen LogP contribution in [0.3, 0.4) is 0 Å². The zero-order valence-corrected chi connectivity index (χ0v) is 12.5. The third-order valence-corrected chi connectivity index (χ3v) is 3.01. The van der Waals surface area contributed by atoms with E-state index < -0.39 is 0 Å². The Balaban J connectivity index is 1.99. The molecule has 1 aromatic carbocycles. The molecule has 5 heteroatoms. The van der Waals surface area contributed by atoms with Crippen molar-refractivity contribution in [3.8, 4) is 0 Å². The molecule has 0 bridgehead atoms. The summed E-state index contributed by atoms with van der Waals surface area (Å²) in [6.45, 7) is 9.96. The molecule has 2 N–H and O–H groups in total. The molecule has 2 aromatic rings. The van der Waals surface area contributed by atoms with Gasteiger partial charge in [0.05, 0.1) is 6.54 Å². The van der Waals surface area contributed by atoms with E-state index in [4.69, 9.17) is 4.42 Å². The highest BCUT2D eigenvalue weighted by Crippen LogP contribution is 2.23. The Morgan fingerprint density at radius 2 is 1.85 bits per heavy atom. The van der Waals surface area contributed by atoms with Crippen LogP contribution in [0.1, 0.15) is 30.9 Å². The van der Waals surface area contributed by atoms with Gasteiger partial charge in [0.2, 0.25) is 5.89 Å². The minimum absolute atomic E-state index is 0.434. The van der Waals surface area contributed by atoms with E-state index in [0.29, 0.717) is 24.4 Å². The fourth-order valence-electron chi connectivity index (χ4n) is 1.96. The van der Waals surface area contributed by atoms with Gasteiger partial charge in [0, 0.05) is 5.69 Å². The molecule has 0 saturated heterocycles. The summed E-state index contributed by atoms with van der Waals surface area (Å²) in [6, 6.07) is 6.57. The van der Waals surface area contributed by atoms with Gasteiger partial charge in [-0.1, -0.05) is 37.1 Å². The summed E-state index contributed by atoms with van der Waals surface area (Å²) in [5.41, 5.74) is 3.34. The standard InChI is InChI=1S/C15H22N4O/c1-10(2)8-16-9-13-18-19-15(20-13)17-14-11(3)6-5-7-12(14)4/h5-7,10,16H,8-9H2,1-4H3,(H,17,19). The maximum absolute atomic E-state index is 5.58. The molecule has 0 aliphatic rings. The maximum atomic E-state index is 5.58. The first-order valence-electron chi connectivity index (χ1n) is 6.92. The second kappa shape index (κ2) is 6.52. The minimum Gasteiger partial charge on any atom is -0.406 e. The zero-order valence-electron chi connectivity index (χ0n) is 12.5. The van der Waals surface area contributed by atoms with Crippen LogP contribution in [-0.4, -0.2) is 16.7 Å². The van der Waals surface area contributed by atoms with Gasteiger partial charge in [0.25, 0.3) is 0 Å². The van der Waals surface area contributed by atoms with Crippen molar-refractivity contribution in [3.63, 3.8) is 0 Å². The molecule has 0 aliphatic heterocycles. The Kier molecular flexibility index (Phi) is 4.74. The number of aromatic nitrogens is 2. The third-order valence-electron chi connectivity index (χ3n) is 3.01. The fraction of sp³-hybridized carbons (Fsp3) is 0.467. The van der Waals surface area contributed by atoms with Gasteiger partial charge in [-0.25, -0.2) is 0 Å². The molecule has 1 aromatic heterocycles. The summed E-state index contributed by atoms with van der Waals surface area (Å²) in [7, 11) is 0. The van der Waals surface area contributed by atoms with Gasteiger partial charge in [0.1, 0.15) is 0 Å². The topological polar surface area (TPSA) is 63.0 Å². The SMILES string of the molecule is Cc1cccc(C)c1Nc1nnc(CNCC(C)C)o1. The number of aryl methyl sites for hydroxylation is 2. The molecule has 5 nitrogen and oxygen atoms in total. The van der Waals surface area contributed by atoms with Crippen molar-refractivity contribution in [1.82, 2.24) is 15.5 Å². The van der Waals surface area contributed by atoms with Crippen LogP contribution in [-0.2, 0) is 6.54 Å². The number of hydrogen-bond donors (Lipinski definition) is 2. The molecule has 1 heterocycles. The Labute approximate surface area is 119 Å². The Bertz CT molecular complexity index is 543. The molecular weight excluding hydrogens is 252 g/mol. The highest BCUT2D eigenvalue weighted by molar-refractivity contribution is 5.61. The van der Waals surface area contributed by atoms with Crippen molar-refractivity contribution in [2.45, 2.75) is 34.2 Å². The first kappa shape index (κ1) is 14.5. The van der Waals surface area contributed by atoms with E-state index in [1.54, 1.807) is 0 Å². The summed E-state index contributed by atoms with van der Waals surface area (Å²) in [5.74, 6) is 1.20. The second-order valence-corrected chi connectivity index (χ2v) is 5.42. The van der Waals surface area contributed by atoms with Gasteiger partial charge >= 0.3 is 6.01 Å². The molecule has 20 heavy (non-hydrogen) atoms. The molecule has 108 valence electrons. The molecule has 0 unspecified atom stereocenters. The number of nitrogens with zero attached hydrogens (tertiary/aromatic N) is 2. The summed E-state index contributed by atoms with van der Waals surface area (Å²) < 4.78 is 5.58. The fourth-order valence-corrected chi connectivity index (χ4v) is 1.96. The van der Waals surface area contributed by atoms with Crippen molar-refractivity contribution in [3.05, 3.63) is 35.2 Å². The molecule has 2 rings (SSSR count). The van der Waals surface area contributed by atoms with E-state index in [2.05, 4.69) is 60.7 Å². The molecule has 0 saturated carbocycles. The van der Waals surface area contributed by atoms with Crippen molar-refractivity contribution >= 4 is 11.7 Å². The molecule has 0 radical (unpaired) electrons. The lowest BCUT2D eigenvalue weighted by atomic mass is 10.1. The Morgan fingerprint density at radius 1 is 1.15 bits per heavy atom. The van der Waals surface area contributed by atoms with Crippen LogP contribution in [0.4, 0.5) is 11.7 Å². The normalized spacial score (nSPS) is 11.1. The number of hydrogen-bond acceptors (Lipinski definition) is 5. The number of benzene rings is 1. The molecular formula is C15H22N4O. The van der Waals surface area contributed by atoms with E-state index in [1.165, 1.54) is 0 Å². The smallest absolute Gasteiger partial charge is 0.320 e. The average Bonchev–Trinajstić information content (AvgIpc) is 2.81. The van der Waals surface area contributed by atoms with Gasteiger partial charge < -0.3 is 15.1 Å². The van der Waals surface area contributed by atoms with E-state index in [9.17, 15) is 0 Å². The first-order valence-corrected chi connectivity index (χ1v) is 6.92. The molecule has 0 atom stereocenters. The Hall–Kier alpha value is -1.88. The summed E-state index contributed by atoms with van der Waals surface area (Å²) in [6.07, 6.45) is 0. The van der Waals surface area contributed by atoms with Crippen LogP contribution in [0, 0.1) is 19.8 Å². The average molecular weight is 274 g/mol. The van der Waals surface area contributed by atoms with E-state index in [0.717, 1.165) is 23.4 Å². The van der Waals surface area contributed by atoms with Gasteiger partial charge in [-0.3, -0.25) is 0 Å². The van der Waals surface area contributed by atoms with Gasteiger partial charge in [-0.05, 0) is 37.4 Å². The van der Waals surface area contributed by atoms with Crippen molar-refractivity contribution in [2.24, 2.45) is 5.92 Å². The number of anilines is 2. The summed E-state index contributed by atoms with van der Waals surface area (Å²) >= 11 is 0. The molecule has 0 amide bonds. The first-order chi connectivity index (χ1) is 9.56. The van der Waals surface area contributed by atoms with Crippen LogP contribution in [0.15, 0.2) is 22.6 Å². The lowest BCUT2D eigenvalue weighted by molar-refractivity contribution is 0.460. The van der Waals surface area contributed by atoms with Crippen molar-refractivity contribution in [1.29, 1.82) is 0 Å². The predicted molar refractivity (Wildman–Crippen MR) is 80.0 cm³/mol. The monoisotopic (exact) mass is 274 g/mol. The molecule has 0 fully saturated rings. The lowest BCUT2D eigenvalue weighted by Crippen LogP contribution is -2.19. The number of rotatable bonds is 6. The van der Waals surface area contributed by atoms with E-state index in [-0.39, 0.29) is 0 Å². The van der Waals surface area contributed by atoms with Gasteiger partial charge in [-0.2, -0.15) is 0 Å². The van der Waals surface area contributed by atoms with E-state index >= 15 is 0 Å². The highest BCUT2D eigenvalue weighted by Gasteiger charge is 2.09. The molecule has 0 spiro atoms. The number of para-hydroxylation sites is 1. The zero-order chi connectivity index (χ0) is 14.5. The largest absolute Gasteiger partial charge is 0.406 e. The second-order valence-electron chi connectivity index (χ2n) is 5.42. The van der Waals surface area contributed by atoms with Gasteiger partial charge in [-0.15, -0.1) is 5.10 Å². The third kappa shape index (κ3) is 3.81. The van der Waals surface area contributed by atoms with Crippen LogP contribution in [0.5, 0.6) is 0 Å².